The van der Waals surface area contributed by atoms with Gasteiger partial charge in [-0.15, -0.1) is 0 Å². The van der Waals surface area contributed by atoms with Gasteiger partial charge in [0.1, 0.15) is 6.10 Å². The summed E-state index contributed by atoms with van der Waals surface area (Å²) in [5.41, 5.74) is 2.18. The molecule has 0 saturated carbocycles. The van der Waals surface area contributed by atoms with Gasteiger partial charge in [-0.1, -0.05) is 30.3 Å². The highest BCUT2D eigenvalue weighted by atomic mass is 16.5. The van der Waals surface area contributed by atoms with E-state index in [2.05, 4.69) is 17.1 Å². The monoisotopic (exact) mass is 217 g/mol. The topological polar surface area (TPSA) is 38.7 Å². The van der Waals surface area contributed by atoms with E-state index in [9.17, 15) is 4.79 Å². The van der Waals surface area contributed by atoms with Gasteiger partial charge in [0.15, 0.2) is 6.29 Å². The summed E-state index contributed by atoms with van der Waals surface area (Å²) in [6.07, 6.45) is 1.16. The molecule has 0 amide bonds. The van der Waals surface area contributed by atoms with E-state index in [0.29, 0.717) is 6.54 Å². The van der Waals surface area contributed by atoms with Crippen LogP contribution in [0.1, 0.15) is 12.5 Å². The summed E-state index contributed by atoms with van der Waals surface area (Å²) in [4.78, 5) is 15.0. The summed E-state index contributed by atoms with van der Waals surface area (Å²) in [5, 5.41) is 0. The van der Waals surface area contributed by atoms with Gasteiger partial charge in [0.05, 0.1) is 12.6 Å². The van der Waals surface area contributed by atoms with E-state index >= 15 is 0 Å². The summed E-state index contributed by atoms with van der Waals surface area (Å²) in [7, 11) is 0. The molecule has 3 nitrogen and oxygen atoms in total. The van der Waals surface area contributed by atoms with Gasteiger partial charge in [0.25, 0.3) is 0 Å². The van der Waals surface area contributed by atoms with Crippen molar-refractivity contribution < 1.29 is 9.53 Å². The van der Waals surface area contributed by atoms with E-state index in [4.69, 9.17) is 4.74 Å². The number of carbonyl (C=O) groups is 1. The van der Waals surface area contributed by atoms with E-state index in [1.807, 2.05) is 25.1 Å². The first kappa shape index (κ1) is 11.0. The Balaban J connectivity index is 2.06. The quantitative estimate of drug-likeness (QED) is 0.722. The summed E-state index contributed by atoms with van der Waals surface area (Å²) >= 11 is 0. The van der Waals surface area contributed by atoms with Crippen LogP contribution in [-0.4, -0.2) is 30.8 Å². The Hall–Kier alpha value is -1.48. The van der Waals surface area contributed by atoms with E-state index in [-0.39, 0.29) is 12.2 Å². The molecule has 0 spiro atoms. The minimum absolute atomic E-state index is 0.0636. The van der Waals surface area contributed by atoms with Crippen LogP contribution in [0.5, 0.6) is 0 Å². The minimum atomic E-state index is -0.377. The maximum Gasteiger partial charge on any atom is 0.150 e. The smallest absolute Gasteiger partial charge is 0.150 e. The lowest BCUT2D eigenvalue weighted by Crippen LogP contribution is -2.37. The van der Waals surface area contributed by atoms with Crippen molar-refractivity contribution >= 4 is 12.0 Å². The molecule has 0 N–H and O–H groups in total. The molecule has 3 heteroatoms. The van der Waals surface area contributed by atoms with Gasteiger partial charge in [-0.05, 0) is 12.5 Å². The van der Waals surface area contributed by atoms with Gasteiger partial charge in [-0.2, -0.15) is 0 Å². The van der Waals surface area contributed by atoms with Crippen molar-refractivity contribution in [3.63, 3.8) is 0 Å². The minimum Gasteiger partial charge on any atom is -0.359 e. The Bertz CT molecular complexity index is 386. The molecule has 0 bridgehead atoms. The summed E-state index contributed by atoms with van der Waals surface area (Å²) in [6, 6.07) is 10.1. The van der Waals surface area contributed by atoms with E-state index in [1.165, 1.54) is 5.56 Å². The third-order valence-corrected chi connectivity index (χ3v) is 2.74. The first-order valence-corrected chi connectivity index (χ1v) is 5.45. The van der Waals surface area contributed by atoms with Crippen molar-refractivity contribution in [1.29, 1.82) is 0 Å². The Morgan fingerprint density at radius 2 is 2.19 bits per heavy atom. The summed E-state index contributed by atoms with van der Waals surface area (Å²) in [6.45, 7) is 2.41. The van der Waals surface area contributed by atoms with Crippen molar-refractivity contribution in [3.05, 3.63) is 35.9 Å². The maximum absolute atomic E-state index is 10.7. The fraction of sp³-hybridized carbons (Fsp3) is 0.385. The number of benzene rings is 1. The van der Waals surface area contributed by atoms with Crippen LogP contribution < -0.4 is 0 Å². The van der Waals surface area contributed by atoms with Gasteiger partial charge in [-0.25, -0.2) is 0 Å². The highest BCUT2D eigenvalue weighted by molar-refractivity contribution is 5.87. The van der Waals surface area contributed by atoms with Crippen LogP contribution in [0.2, 0.25) is 0 Å². The fourth-order valence-corrected chi connectivity index (χ4v) is 1.79. The Morgan fingerprint density at radius 3 is 2.88 bits per heavy atom. The molecule has 1 aromatic rings. The Kier molecular flexibility index (Phi) is 3.47. The lowest BCUT2D eigenvalue weighted by atomic mass is 10.0. The molecule has 1 heterocycles. The fourth-order valence-electron chi connectivity index (χ4n) is 1.79. The number of aldehydes is 1. The normalized spacial score (nSPS) is 24.9. The highest BCUT2D eigenvalue weighted by Crippen LogP contribution is 2.13. The molecular weight excluding hydrogens is 202 g/mol. The van der Waals surface area contributed by atoms with Crippen LogP contribution in [0, 0.1) is 0 Å². The SMILES string of the molecule is CC1=NCC(C=O)OC1Cc1ccccc1. The molecule has 0 fully saturated rings. The number of carbonyl (C=O) groups excluding carboxylic acids is 1. The predicted molar refractivity (Wildman–Crippen MR) is 62.8 cm³/mol. The molecule has 2 rings (SSSR count). The van der Waals surface area contributed by atoms with Crippen molar-refractivity contribution in [2.45, 2.75) is 25.6 Å². The molecule has 1 aliphatic heterocycles. The maximum atomic E-state index is 10.7. The largest absolute Gasteiger partial charge is 0.359 e. The lowest BCUT2D eigenvalue weighted by Gasteiger charge is -2.25. The molecule has 0 aliphatic carbocycles. The summed E-state index contributed by atoms with van der Waals surface area (Å²) < 4.78 is 5.65. The van der Waals surface area contributed by atoms with Crippen molar-refractivity contribution in [1.82, 2.24) is 0 Å². The molecule has 2 atom stereocenters. The first-order chi connectivity index (χ1) is 7.79. The van der Waals surface area contributed by atoms with Gasteiger partial charge in [0.2, 0.25) is 0 Å². The second-order valence-corrected chi connectivity index (χ2v) is 3.97. The number of hydrogen-bond donors (Lipinski definition) is 0. The average Bonchev–Trinajstić information content (AvgIpc) is 2.33. The zero-order chi connectivity index (χ0) is 11.4. The third kappa shape index (κ3) is 2.55. The van der Waals surface area contributed by atoms with Crippen LogP contribution in [0.4, 0.5) is 0 Å². The molecule has 1 aliphatic rings. The van der Waals surface area contributed by atoms with Crippen LogP contribution in [0.15, 0.2) is 35.3 Å². The van der Waals surface area contributed by atoms with E-state index in [1.54, 1.807) is 0 Å². The zero-order valence-corrected chi connectivity index (χ0v) is 9.30. The van der Waals surface area contributed by atoms with Gasteiger partial charge in [0, 0.05) is 12.1 Å². The molecule has 0 saturated heterocycles. The van der Waals surface area contributed by atoms with Crippen molar-refractivity contribution in [2.75, 3.05) is 6.54 Å². The second kappa shape index (κ2) is 5.03. The van der Waals surface area contributed by atoms with Crippen molar-refractivity contribution in [3.8, 4) is 0 Å². The Labute approximate surface area is 95.2 Å². The molecule has 2 unspecified atom stereocenters. The second-order valence-electron chi connectivity index (χ2n) is 3.97. The van der Waals surface area contributed by atoms with Crippen molar-refractivity contribution in [2.24, 2.45) is 4.99 Å². The van der Waals surface area contributed by atoms with Crippen LogP contribution >= 0.6 is 0 Å². The van der Waals surface area contributed by atoms with E-state index < -0.39 is 0 Å². The van der Waals surface area contributed by atoms with E-state index in [0.717, 1.165) is 18.4 Å². The molecular formula is C13H15NO2. The van der Waals surface area contributed by atoms with Gasteiger partial charge < -0.3 is 9.53 Å². The number of aliphatic imine (C=N–C) groups is 1. The van der Waals surface area contributed by atoms with Crippen LogP contribution in [-0.2, 0) is 16.0 Å². The lowest BCUT2D eigenvalue weighted by molar-refractivity contribution is -0.119. The zero-order valence-electron chi connectivity index (χ0n) is 9.30. The first-order valence-electron chi connectivity index (χ1n) is 5.45. The Morgan fingerprint density at radius 1 is 1.44 bits per heavy atom. The number of ether oxygens (including phenoxy) is 1. The number of hydrogen-bond acceptors (Lipinski definition) is 3. The van der Waals surface area contributed by atoms with Crippen LogP contribution in [0.3, 0.4) is 0 Å². The number of nitrogens with zero attached hydrogens (tertiary/aromatic N) is 1. The van der Waals surface area contributed by atoms with Crippen LogP contribution in [0.25, 0.3) is 0 Å². The van der Waals surface area contributed by atoms with Gasteiger partial charge >= 0.3 is 0 Å². The van der Waals surface area contributed by atoms with Gasteiger partial charge in [-0.3, -0.25) is 4.99 Å². The average molecular weight is 217 g/mol. The molecule has 0 radical (unpaired) electrons. The molecule has 84 valence electrons. The number of rotatable bonds is 3. The molecule has 1 aromatic carbocycles. The molecule has 16 heavy (non-hydrogen) atoms. The standard InChI is InChI=1S/C13H15NO2/c1-10-13(16-12(9-15)8-14-10)7-11-5-3-2-4-6-11/h2-6,9,12-13H,7-8H2,1H3. The predicted octanol–water partition coefficient (Wildman–Crippen LogP) is 1.66. The third-order valence-electron chi connectivity index (χ3n) is 2.74. The molecule has 0 aromatic heterocycles. The highest BCUT2D eigenvalue weighted by Gasteiger charge is 2.23. The summed E-state index contributed by atoms with van der Waals surface area (Å²) in [5.74, 6) is 0.